The smallest absolute Gasteiger partial charge is 0.408 e. The van der Waals surface area contributed by atoms with Crippen LogP contribution in [-0.2, 0) is 9.53 Å². The molecule has 5 heteroatoms. The van der Waals surface area contributed by atoms with E-state index in [0.717, 1.165) is 5.56 Å². The number of hydrogen-bond acceptors (Lipinski definition) is 4. The molecule has 0 fully saturated rings. The van der Waals surface area contributed by atoms with Crippen molar-refractivity contribution in [3.8, 4) is 5.75 Å². The second-order valence-corrected chi connectivity index (χ2v) is 6.60. The summed E-state index contributed by atoms with van der Waals surface area (Å²) in [7, 11) is 0. The molecule has 0 aliphatic rings. The van der Waals surface area contributed by atoms with Crippen LogP contribution in [-0.4, -0.2) is 23.7 Å². The zero-order valence-electron chi connectivity index (χ0n) is 14.1. The number of ether oxygens (including phenoxy) is 2. The molecule has 0 saturated heterocycles. The van der Waals surface area contributed by atoms with Gasteiger partial charge in [-0.1, -0.05) is 31.5 Å². The lowest BCUT2D eigenvalue weighted by Gasteiger charge is -2.24. The van der Waals surface area contributed by atoms with Crippen LogP contribution in [0.1, 0.15) is 40.2 Å². The summed E-state index contributed by atoms with van der Waals surface area (Å²) in [6.45, 7) is 10.9. The third-order valence-electron chi connectivity index (χ3n) is 2.83. The molecule has 1 aromatic rings. The van der Waals surface area contributed by atoms with Crippen LogP contribution >= 0.6 is 0 Å². The quantitative estimate of drug-likeness (QED) is 0.683. The maximum atomic E-state index is 12.2. The van der Waals surface area contributed by atoms with Gasteiger partial charge >= 0.3 is 12.1 Å². The average Bonchev–Trinajstić information content (AvgIpc) is 2.36. The molecule has 122 valence electrons. The molecule has 22 heavy (non-hydrogen) atoms. The van der Waals surface area contributed by atoms with Crippen molar-refractivity contribution in [2.45, 2.75) is 53.2 Å². The van der Waals surface area contributed by atoms with Crippen molar-refractivity contribution in [3.05, 3.63) is 29.8 Å². The number of esters is 1. The van der Waals surface area contributed by atoms with Gasteiger partial charge in [-0.15, -0.1) is 0 Å². The molecular formula is C17H25NO4. The van der Waals surface area contributed by atoms with Gasteiger partial charge in [0.25, 0.3) is 0 Å². The number of nitrogens with one attached hydrogen (secondary N) is 1. The van der Waals surface area contributed by atoms with Gasteiger partial charge in [0.05, 0.1) is 0 Å². The molecule has 5 nitrogen and oxygen atoms in total. The minimum absolute atomic E-state index is 0.120. The Hall–Kier alpha value is -2.04. The van der Waals surface area contributed by atoms with Crippen LogP contribution in [0.4, 0.5) is 4.79 Å². The fourth-order valence-corrected chi connectivity index (χ4v) is 1.72. The van der Waals surface area contributed by atoms with Crippen LogP contribution < -0.4 is 10.1 Å². The van der Waals surface area contributed by atoms with Gasteiger partial charge in [0, 0.05) is 0 Å². The molecule has 0 radical (unpaired) electrons. The highest BCUT2D eigenvalue weighted by Crippen LogP contribution is 2.14. The molecule has 0 heterocycles. The first-order valence-corrected chi connectivity index (χ1v) is 7.36. The molecule has 0 aromatic heterocycles. The molecule has 0 saturated carbocycles. The molecule has 0 spiro atoms. The highest BCUT2D eigenvalue weighted by Gasteiger charge is 2.28. The summed E-state index contributed by atoms with van der Waals surface area (Å²) >= 11 is 0. The molecule has 0 bridgehead atoms. The summed E-state index contributed by atoms with van der Waals surface area (Å²) in [4.78, 5) is 24.1. The van der Waals surface area contributed by atoms with Gasteiger partial charge in [-0.25, -0.2) is 9.59 Å². The van der Waals surface area contributed by atoms with Crippen molar-refractivity contribution in [2.24, 2.45) is 5.92 Å². The SMILES string of the molecule is Cc1ccc(OC(=O)C(NC(=O)OC(C)(C)C)C(C)C)cc1. The Morgan fingerprint density at radius 2 is 1.64 bits per heavy atom. The highest BCUT2D eigenvalue weighted by atomic mass is 16.6. The van der Waals surface area contributed by atoms with E-state index >= 15 is 0 Å². The van der Waals surface area contributed by atoms with Crippen molar-refractivity contribution < 1.29 is 19.1 Å². The monoisotopic (exact) mass is 307 g/mol. The molecule has 1 N–H and O–H groups in total. The van der Waals surface area contributed by atoms with E-state index in [1.807, 2.05) is 32.9 Å². The van der Waals surface area contributed by atoms with Crippen molar-refractivity contribution in [1.82, 2.24) is 5.32 Å². The zero-order valence-corrected chi connectivity index (χ0v) is 14.1. The highest BCUT2D eigenvalue weighted by molar-refractivity contribution is 5.83. The summed E-state index contributed by atoms with van der Waals surface area (Å²) in [5, 5.41) is 2.57. The maximum absolute atomic E-state index is 12.2. The maximum Gasteiger partial charge on any atom is 0.408 e. The Morgan fingerprint density at radius 1 is 1.09 bits per heavy atom. The van der Waals surface area contributed by atoms with Gasteiger partial charge in [-0.2, -0.15) is 0 Å². The van der Waals surface area contributed by atoms with Crippen LogP contribution in [0.3, 0.4) is 0 Å². The molecule has 1 atom stereocenters. The van der Waals surface area contributed by atoms with Gasteiger partial charge in [-0.05, 0) is 45.7 Å². The van der Waals surface area contributed by atoms with Crippen LogP contribution in [0.2, 0.25) is 0 Å². The summed E-state index contributed by atoms with van der Waals surface area (Å²) in [6.07, 6.45) is -0.632. The number of carbonyl (C=O) groups excluding carboxylic acids is 2. The van der Waals surface area contributed by atoms with Crippen molar-refractivity contribution in [2.75, 3.05) is 0 Å². The largest absolute Gasteiger partial charge is 0.444 e. The van der Waals surface area contributed by atoms with E-state index in [2.05, 4.69) is 5.32 Å². The third-order valence-corrected chi connectivity index (χ3v) is 2.83. The minimum atomic E-state index is -0.767. The molecule has 0 aliphatic heterocycles. The summed E-state index contributed by atoms with van der Waals surface area (Å²) < 4.78 is 10.5. The fraction of sp³-hybridized carbons (Fsp3) is 0.529. The van der Waals surface area contributed by atoms with E-state index in [-0.39, 0.29) is 5.92 Å². The zero-order chi connectivity index (χ0) is 16.9. The number of benzene rings is 1. The third kappa shape index (κ3) is 6.16. The van der Waals surface area contributed by atoms with E-state index < -0.39 is 23.7 Å². The molecular weight excluding hydrogens is 282 g/mol. The second-order valence-electron chi connectivity index (χ2n) is 6.60. The average molecular weight is 307 g/mol. The lowest BCUT2D eigenvalue weighted by atomic mass is 10.1. The van der Waals surface area contributed by atoms with Crippen LogP contribution in [0, 0.1) is 12.8 Å². The molecule has 1 aromatic carbocycles. The van der Waals surface area contributed by atoms with E-state index in [9.17, 15) is 9.59 Å². The van der Waals surface area contributed by atoms with Crippen molar-refractivity contribution >= 4 is 12.1 Å². The first-order valence-electron chi connectivity index (χ1n) is 7.36. The van der Waals surface area contributed by atoms with Crippen molar-refractivity contribution in [1.29, 1.82) is 0 Å². The predicted octanol–water partition coefficient (Wildman–Crippen LogP) is 3.45. The number of rotatable bonds is 4. The van der Waals surface area contributed by atoms with Gasteiger partial charge in [0.1, 0.15) is 17.4 Å². The van der Waals surface area contributed by atoms with E-state index in [1.165, 1.54) is 0 Å². The molecule has 1 unspecified atom stereocenters. The Bertz CT molecular complexity index is 514. The summed E-state index contributed by atoms with van der Waals surface area (Å²) in [5.41, 5.74) is 0.457. The second kappa shape index (κ2) is 7.29. The van der Waals surface area contributed by atoms with Gasteiger partial charge < -0.3 is 14.8 Å². The lowest BCUT2D eigenvalue weighted by Crippen LogP contribution is -2.48. The lowest BCUT2D eigenvalue weighted by molar-refractivity contribution is -0.137. The van der Waals surface area contributed by atoms with Gasteiger partial charge in [0.2, 0.25) is 0 Å². The van der Waals surface area contributed by atoms with Crippen LogP contribution in [0.5, 0.6) is 5.75 Å². The summed E-state index contributed by atoms with van der Waals surface area (Å²) in [6, 6.07) is 6.38. The van der Waals surface area contributed by atoms with E-state index in [0.29, 0.717) is 5.75 Å². The van der Waals surface area contributed by atoms with Gasteiger partial charge in [0.15, 0.2) is 0 Å². The molecule has 1 rings (SSSR count). The van der Waals surface area contributed by atoms with Crippen LogP contribution in [0.15, 0.2) is 24.3 Å². The van der Waals surface area contributed by atoms with Crippen molar-refractivity contribution in [3.63, 3.8) is 0 Å². The number of aryl methyl sites for hydroxylation is 1. The fourth-order valence-electron chi connectivity index (χ4n) is 1.72. The molecule has 1 amide bonds. The van der Waals surface area contributed by atoms with Crippen LogP contribution in [0.25, 0.3) is 0 Å². The Balaban J connectivity index is 2.71. The Morgan fingerprint density at radius 3 is 2.09 bits per heavy atom. The Labute approximate surface area is 132 Å². The topological polar surface area (TPSA) is 64.6 Å². The van der Waals surface area contributed by atoms with E-state index in [4.69, 9.17) is 9.47 Å². The first kappa shape index (κ1) is 18.0. The number of amides is 1. The number of hydrogen-bond donors (Lipinski definition) is 1. The summed E-state index contributed by atoms with van der Waals surface area (Å²) in [5.74, 6) is -0.178. The van der Waals surface area contributed by atoms with Gasteiger partial charge in [-0.3, -0.25) is 0 Å². The number of alkyl carbamates (subject to hydrolysis) is 1. The van der Waals surface area contributed by atoms with E-state index in [1.54, 1.807) is 32.9 Å². The standard InChI is InChI=1S/C17H25NO4/c1-11(2)14(18-16(20)22-17(4,5)6)15(19)21-13-9-7-12(3)8-10-13/h7-11,14H,1-6H3,(H,18,20). The predicted molar refractivity (Wildman–Crippen MR) is 84.8 cm³/mol. The first-order chi connectivity index (χ1) is 10.1. The normalized spacial score (nSPS) is 12.7. The molecule has 0 aliphatic carbocycles. The Kier molecular flexibility index (Phi) is 5.97. The minimum Gasteiger partial charge on any atom is -0.444 e. The number of carbonyl (C=O) groups is 2.